The van der Waals surface area contributed by atoms with Crippen molar-refractivity contribution in [1.82, 2.24) is 19.7 Å². The third-order valence-electron chi connectivity index (χ3n) is 4.82. The molecule has 28 heavy (non-hydrogen) atoms. The van der Waals surface area contributed by atoms with E-state index in [9.17, 15) is 13.6 Å². The summed E-state index contributed by atoms with van der Waals surface area (Å²) < 4.78 is 29.4. The molecule has 3 aromatic rings. The van der Waals surface area contributed by atoms with Gasteiger partial charge in [0.05, 0.1) is 4.88 Å². The average Bonchev–Trinajstić information content (AvgIpc) is 3.21. The number of halogens is 2. The summed E-state index contributed by atoms with van der Waals surface area (Å²) in [6, 6.07) is 6.71. The molecule has 0 aliphatic heterocycles. The molecule has 0 radical (unpaired) electrons. The van der Waals surface area contributed by atoms with E-state index < -0.39 is 17.7 Å². The summed E-state index contributed by atoms with van der Waals surface area (Å²) in [5.74, 6) is -0.847. The summed E-state index contributed by atoms with van der Waals surface area (Å²) in [6.07, 6.45) is 1.74. The Labute approximate surface area is 169 Å². The molecule has 0 saturated heterocycles. The zero-order valence-corrected chi connectivity index (χ0v) is 16.7. The molecule has 2 aromatic heterocycles. The molecule has 0 bridgehead atoms. The number of carbonyl (C=O) groups is 1. The molecule has 1 saturated carbocycles. The maximum atomic E-state index is 14.1. The molecule has 1 N–H and O–H groups in total. The number of hydrogen-bond donors (Lipinski definition) is 1. The van der Waals surface area contributed by atoms with Gasteiger partial charge in [-0.1, -0.05) is 12.1 Å². The Kier molecular flexibility index (Phi) is 5.11. The number of hydrogen-bond acceptors (Lipinski definition) is 4. The molecule has 2 heterocycles. The summed E-state index contributed by atoms with van der Waals surface area (Å²) in [4.78, 5) is 15.9. The van der Waals surface area contributed by atoms with Crippen LogP contribution in [0, 0.1) is 16.4 Å². The zero-order chi connectivity index (χ0) is 19.8. The van der Waals surface area contributed by atoms with E-state index in [2.05, 4.69) is 10.2 Å². The van der Waals surface area contributed by atoms with Gasteiger partial charge in [0.15, 0.2) is 10.6 Å². The highest BCUT2D eigenvalue weighted by Crippen LogP contribution is 2.32. The molecule has 1 aliphatic rings. The Morgan fingerprint density at radius 1 is 1.43 bits per heavy atom. The first kappa shape index (κ1) is 18.9. The minimum atomic E-state index is -0.648. The van der Waals surface area contributed by atoms with Gasteiger partial charge in [0.25, 0.3) is 0 Å². The van der Waals surface area contributed by atoms with Crippen LogP contribution in [0.25, 0.3) is 10.7 Å². The quantitative estimate of drug-likeness (QED) is 0.588. The largest absolute Gasteiger partial charge is 0.333 e. The number of H-pyrrole nitrogens is 1. The van der Waals surface area contributed by atoms with E-state index >= 15 is 0 Å². The highest BCUT2D eigenvalue weighted by Gasteiger charge is 2.36. The number of benzene rings is 1. The number of nitrogens with one attached hydrogen (secondary N) is 1. The summed E-state index contributed by atoms with van der Waals surface area (Å²) in [6.45, 7) is 1.86. The average molecular weight is 421 g/mol. The smallest absolute Gasteiger partial charge is 0.246 e. The predicted octanol–water partition coefficient (Wildman–Crippen LogP) is 4.70. The van der Waals surface area contributed by atoms with Crippen LogP contribution in [0.2, 0.25) is 0 Å². The Hall–Kier alpha value is -2.39. The number of nitrogens with zero attached hydrogens (tertiary/aromatic N) is 3. The van der Waals surface area contributed by atoms with Gasteiger partial charge in [-0.3, -0.25) is 14.5 Å². The van der Waals surface area contributed by atoms with Crippen molar-refractivity contribution in [3.05, 3.63) is 57.7 Å². The van der Waals surface area contributed by atoms with E-state index in [4.69, 9.17) is 12.2 Å². The van der Waals surface area contributed by atoms with E-state index in [1.165, 1.54) is 23.5 Å². The molecular formula is C19H18F2N4OS2. The van der Waals surface area contributed by atoms with Gasteiger partial charge in [-0.15, -0.1) is 11.3 Å². The molecule has 1 amide bonds. The van der Waals surface area contributed by atoms with Gasteiger partial charge in [0.2, 0.25) is 5.91 Å². The number of aromatic amines is 1. The first-order valence-corrected chi connectivity index (χ1v) is 10.2. The van der Waals surface area contributed by atoms with Gasteiger partial charge >= 0.3 is 0 Å². The lowest BCUT2D eigenvalue weighted by atomic mass is 10.1. The lowest BCUT2D eigenvalue weighted by Crippen LogP contribution is -2.38. The molecule has 4 rings (SSSR count). The predicted molar refractivity (Wildman–Crippen MR) is 105 cm³/mol. The van der Waals surface area contributed by atoms with Crippen LogP contribution in [-0.4, -0.2) is 31.6 Å². The second-order valence-electron chi connectivity index (χ2n) is 6.81. The van der Waals surface area contributed by atoms with Crippen LogP contribution in [0.15, 0.2) is 35.7 Å². The molecule has 0 spiro atoms. The van der Waals surface area contributed by atoms with Gasteiger partial charge in [0, 0.05) is 24.2 Å². The van der Waals surface area contributed by atoms with Crippen molar-refractivity contribution in [1.29, 1.82) is 0 Å². The number of amides is 1. The van der Waals surface area contributed by atoms with Crippen molar-refractivity contribution in [2.24, 2.45) is 0 Å². The van der Waals surface area contributed by atoms with Gasteiger partial charge < -0.3 is 4.90 Å². The molecule has 1 fully saturated rings. The Morgan fingerprint density at radius 3 is 2.86 bits per heavy atom. The van der Waals surface area contributed by atoms with Crippen LogP contribution >= 0.6 is 23.6 Å². The fourth-order valence-corrected chi connectivity index (χ4v) is 4.20. The van der Waals surface area contributed by atoms with E-state index in [0.29, 0.717) is 16.2 Å². The van der Waals surface area contributed by atoms with Crippen LogP contribution in [0.5, 0.6) is 0 Å². The molecule has 1 aliphatic carbocycles. The Morgan fingerprint density at radius 2 is 2.21 bits per heavy atom. The normalized spacial score (nSPS) is 14.8. The van der Waals surface area contributed by atoms with E-state index in [-0.39, 0.29) is 18.5 Å². The van der Waals surface area contributed by atoms with Crippen molar-refractivity contribution >= 4 is 29.5 Å². The summed E-state index contributed by atoms with van der Waals surface area (Å²) >= 11 is 6.86. The lowest BCUT2D eigenvalue weighted by molar-refractivity contribution is -0.135. The number of aromatic nitrogens is 3. The van der Waals surface area contributed by atoms with Crippen molar-refractivity contribution in [2.45, 2.75) is 38.4 Å². The van der Waals surface area contributed by atoms with Crippen molar-refractivity contribution in [2.75, 3.05) is 0 Å². The maximum Gasteiger partial charge on any atom is 0.246 e. The van der Waals surface area contributed by atoms with Crippen LogP contribution < -0.4 is 0 Å². The van der Waals surface area contributed by atoms with Crippen molar-refractivity contribution in [3.63, 3.8) is 0 Å². The van der Waals surface area contributed by atoms with Gasteiger partial charge in [0.1, 0.15) is 17.7 Å². The Balaban J connectivity index is 1.63. The molecule has 146 valence electrons. The van der Waals surface area contributed by atoms with Crippen LogP contribution in [0.4, 0.5) is 8.78 Å². The minimum Gasteiger partial charge on any atom is -0.333 e. The van der Waals surface area contributed by atoms with Gasteiger partial charge in [-0.2, -0.15) is 5.10 Å². The number of rotatable bonds is 6. The van der Waals surface area contributed by atoms with Crippen molar-refractivity contribution < 1.29 is 13.6 Å². The van der Waals surface area contributed by atoms with Gasteiger partial charge in [-0.25, -0.2) is 8.78 Å². The third-order valence-corrected chi connectivity index (χ3v) is 5.97. The maximum absolute atomic E-state index is 14.1. The van der Waals surface area contributed by atoms with Gasteiger partial charge in [-0.05, 0) is 49.5 Å². The van der Waals surface area contributed by atoms with Crippen molar-refractivity contribution in [3.8, 4) is 10.7 Å². The van der Waals surface area contributed by atoms with Crippen LogP contribution in [0.1, 0.15) is 31.4 Å². The standard InChI is InChI=1S/C19H18F2N4OS2/c1-11(25-17(22-23-19(25)27)16-3-2-8-28-16)18(26)24(14-6-7-14)10-12-4-5-13(20)9-15(12)21/h2-5,8-9,11,14H,6-7,10H2,1H3,(H,23,27). The highest BCUT2D eigenvalue weighted by atomic mass is 32.1. The molecule has 1 unspecified atom stereocenters. The fraction of sp³-hybridized carbons (Fsp3) is 0.316. The molecule has 1 atom stereocenters. The first-order valence-electron chi connectivity index (χ1n) is 8.91. The van der Waals surface area contributed by atoms with Crippen LogP contribution in [-0.2, 0) is 11.3 Å². The van der Waals surface area contributed by atoms with E-state index in [0.717, 1.165) is 23.8 Å². The SMILES string of the molecule is CC(C(=O)N(Cc1ccc(F)cc1F)C1CC1)n1c(-c2cccs2)n[nH]c1=S. The summed E-state index contributed by atoms with van der Waals surface area (Å²) in [7, 11) is 0. The molecular weight excluding hydrogens is 402 g/mol. The minimum absolute atomic E-state index is 0.0608. The fourth-order valence-electron chi connectivity index (χ4n) is 3.20. The Bertz CT molecular complexity index is 1060. The number of thiophene rings is 1. The molecule has 5 nitrogen and oxygen atoms in total. The lowest BCUT2D eigenvalue weighted by Gasteiger charge is -2.27. The van der Waals surface area contributed by atoms with E-state index in [1.54, 1.807) is 16.4 Å². The summed E-state index contributed by atoms with van der Waals surface area (Å²) in [5, 5.41) is 8.96. The topological polar surface area (TPSA) is 53.9 Å². The zero-order valence-electron chi connectivity index (χ0n) is 15.1. The highest BCUT2D eigenvalue weighted by molar-refractivity contribution is 7.71. The molecule has 1 aromatic carbocycles. The molecule has 9 heteroatoms. The first-order chi connectivity index (χ1) is 13.5. The number of carbonyl (C=O) groups excluding carboxylic acids is 1. The second kappa shape index (κ2) is 7.56. The summed E-state index contributed by atoms with van der Waals surface area (Å²) in [5.41, 5.74) is 0.295. The third kappa shape index (κ3) is 3.64. The second-order valence-corrected chi connectivity index (χ2v) is 8.14. The van der Waals surface area contributed by atoms with Crippen LogP contribution in [0.3, 0.4) is 0 Å². The monoisotopic (exact) mass is 420 g/mol. The van der Waals surface area contributed by atoms with E-state index in [1.807, 2.05) is 17.5 Å².